The van der Waals surface area contributed by atoms with E-state index in [1.54, 1.807) is 19.6 Å². The third-order valence-electron chi connectivity index (χ3n) is 2.92. The molecule has 6 nitrogen and oxygen atoms in total. The van der Waals surface area contributed by atoms with E-state index >= 15 is 0 Å². The van der Waals surface area contributed by atoms with Crippen LogP contribution in [0.2, 0.25) is 0 Å². The molecule has 0 atom stereocenters. The van der Waals surface area contributed by atoms with Crippen LogP contribution in [-0.4, -0.2) is 40.6 Å². The first-order chi connectivity index (χ1) is 11.0. The zero-order valence-electron chi connectivity index (χ0n) is 12.5. The molecule has 2 rings (SSSR count). The fourth-order valence-corrected chi connectivity index (χ4v) is 2.59. The Bertz CT molecular complexity index is 620. The van der Waals surface area contributed by atoms with Gasteiger partial charge in [-0.25, -0.2) is 9.97 Å². The van der Waals surface area contributed by atoms with E-state index in [-0.39, 0.29) is 0 Å². The summed E-state index contributed by atoms with van der Waals surface area (Å²) in [7, 11) is 1.64. The van der Waals surface area contributed by atoms with Crippen molar-refractivity contribution in [3.63, 3.8) is 0 Å². The number of imidazole rings is 1. The molecule has 0 fully saturated rings. The van der Waals surface area contributed by atoms with Crippen LogP contribution < -0.4 is 10.6 Å². The fraction of sp³-hybridized carbons (Fsp3) is 0.462. The SMILES string of the molecule is CN=C(NCCc1nc(C(F)(F)F)cs1)NCCn1ccnc1. The third kappa shape index (κ3) is 5.55. The highest BCUT2D eigenvalue weighted by Gasteiger charge is 2.33. The van der Waals surface area contributed by atoms with Gasteiger partial charge < -0.3 is 15.2 Å². The number of halogens is 3. The zero-order chi connectivity index (χ0) is 16.7. The molecule has 0 spiro atoms. The summed E-state index contributed by atoms with van der Waals surface area (Å²) in [4.78, 5) is 11.6. The predicted molar refractivity (Wildman–Crippen MR) is 82.4 cm³/mol. The molecule has 0 amide bonds. The number of guanidine groups is 1. The monoisotopic (exact) mass is 346 g/mol. The number of alkyl halides is 3. The number of aromatic nitrogens is 3. The van der Waals surface area contributed by atoms with Gasteiger partial charge >= 0.3 is 6.18 Å². The van der Waals surface area contributed by atoms with Crippen LogP contribution in [0.1, 0.15) is 10.7 Å². The number of thiazole rings is 1. The van der Waals surface area contributed by atoms with Crippen LogP contribution in [0.25, 0.3) is 0 Å². The molecule has 0 radical (unpaired) electrons. The van der Waals surface area contributed by atoms with E-state index in [2.05, 4.69) is 25.6 Å². The molecule has 0 aliphatic carbocycles. The smallest absolute Gasteiger partial charge is 0.356 e. The second-order valence-electron chi connectivity index (χ2n) is 4.60. The molecule has 0 saturated carbocycles. The van der Waals surface area contributed by atoms with Gasteiger partial charge in [0.2, 0.25) is 0 Å². The summed E-state index contributed by atoms with van der Waals surface area (Å²) < 4.78 is 39.3. The molecule has 2 aromatic rings. The summed E-state index contributed by atoms with van der Waals surface area (Å²) in [5.74, 6) is 0.595. The first-order valence-electron chi connectivity index (χ1n) is 6.91. The largest absolute Gasteiger partial charge is 0.434 e. The summed E-state index contributed by atoms with van der Waals surface area (Å²) >= 11 is 1.01. The quantitative estimate of drug-likeness (QED) is 0.618. The number of hydrogen-bond acceptors (Lipinski definition) is 4. The first kappa shape index (κ1) is 17.3. The molecule has 2 heterocycles. The van der Waals surface area contributed by atoms with E-state index in [4.69, 9.17) is 0 Å². The molecule has 0 aliphatic rings. The Morgan fingerprint density at radius 3 is 2.74 bits per heavy atom. The third-order valence-corrected chi connectivity index (χ3v) is 3.83. The Balaban J connectivity index is 1.70. The van der Waals surface area contributed by atoms with Gasteiger partial charge in [0.15, 0.2) is 11.7 Å². The summed E-state index contributed by atoms with van der Waals surface area (Å²) in [5.41, 5.74) is -0.833. The predicted octanol–water partition coefficient (Wildman–Crippen LogP) is 1.77. The van der Waals surface area contributed by atoms with Crippen LogP contribution in [0.5, 0.6) is 0 Å². The molecule has 0 saturated heterocycles. The van der Waals surface area contributed by atoms with Crippen molar-refractivity contribution in [1.82, 2.24) is 25.2 Å². The molecule has 2 N–H and O–H groups in total. The van der Waals surface area contributed by atoms with Crippen LogP contribution in [0.4, 0.5) is 13.2 Å². The van der Waals surface area contributed by atoms with E-state index in [0.29, 0.717) is 30.5 Å². The van der Waals surface area contributed by atoms with Gasteiger partial charge in [-0.1, -0.05) is 0 Å². The highest BCUT2D eigenvalue weighted by atomic mass is 32.1. The topological polar surface area (TPSA) is 67.1 Å². The second-order valence-corrected chi connectivity index (χ2v) is 5.54. The molecule has 23 heavy (non-hydrogen) atoms. The first-order valence-corrected chi connectivity index (χ1v) is 7.79. The zero-order valence-corrected chi connectivity index (χ0v) is 13.3. The highest BCUT2D eigenvalue weighted by molar-refractivity contribution is 7.09. The van der Waals surface area contributed by atoms with Crippen molar-refractivity contribution >= 4 is 17.3 Å². The van der Waals surface area contributed by atoms with E-state index < -0.39 is 11.9 Å². The fourth-order valence-electron chi connectivity index (χ4n) is 1.79. The van der Waals surface area contributed by atoms with Gasteiger partial charge in [0.1, 0.15) is 0 Å². The van der Waals surface area contributed by atoms with Gasteiger partial charge in [-0.2, -0.15) is 13.2 Å². The van der Waals surface area contributed by atoms with Crippen LogP contribution >= 0.6 is 11.3 Å². The standard InChI is InChI=1S/C13H17F3N6S/c1-17-12(20-5-7-22-6-4-18-9-22)19-3-2-11-21-10(8-23-11)13(14,15)16/h4,6,8-9H,2-3,5,7H2,1H3,(H2,17,19,20). The summed E-state index contributed by atoms with van der Waals surface area (Å²) in [6.07, 6.45) is 1.31. The summed E-state index contributed by atoms with van der Waals surface area (Å²) in [6, 6.07) is 0. The molecular weight excluding hydrogens is 329 g/mol. The number of rotatable bonds is 6. The van der Waals surface area contributed by atoms with Gasteiger partial charge in [-0.15, -0.1) is 11.3 Å². The molecule has 126 valence electrons. The van der Waals surface area contributed by atoms with E-state index in [9.17, 15) is 13.2 Å². The maximum absolute atomic E-state index is 12.5. The molecule has 0 aromatic carbocycles. The lowest BCUT2D eigenvalue weighted by molar-refractivity contribution is -0.140. The molecule has 0 aliphatic heterocycles. The lowest BCUT2D eigenvalue weighted by atomic mass is 10.4. The van der Waals surface area contributed by atoms with Crippen molar-refractivity contribution < 1.29 is 13.2 Å². The van der Waals surface area contributed by atoms with Gasteiger partial charge in [0.25, 0.3) is 0 Å². The summed E-state index contributed by atoms with van der Waals surface area (Å²) in [5, 5.41) is 7.64. The Labute approximate surface area is 135 Å². The maximum Gasteiger partial charge on any atom is 0.434 e. The van der Waals surface area contributed by atoms with E-state index in [1.165, 1.54) is 0 Å². The highest BCUT2D eigenvalue weighted by Crippen LogP contribution is 2.29. The minimum absolute atomic E-state index is 0.406. The van der Waals surface area contributed by atoms with Crippen LogP contribution in [0, 0.1) is 0 Å². The van der Waals surface area contributed by atoms with Crippen molar-refractivity contribution in [3.8, 4) is 0 Å². The van der Waals surface area contributed by atoms with Crippen molar-refractivity contribution in [2.45, 2.75) is 19.1 Å². The molecule has 10 heteroatoms. The molecule has 0 bridgehead atoms. The minimum Gasteiger partial charge on any atom is -0.356 e. The van der Waals surface area contributed by atoms with Gasteiger partial charge in [0, 0.05) is 50.9 Å². The van der Waals surface area contributed by atoms with Crippen LogP contribution in [0.15, 0.2) is 29.1 Å². The van der Waals surface area contributed by atoms with Crippen molar-refractivity contribution in [2.75, 3.05) is 20.1 Å². The van der Waals surface area contributed by atoms with Gasteiger partial charge in [-0.3, -0.25) is 4.99 Å². The van der Waals surface area contributed by atoms with E-state index in [1.807, 2.05) is 10.8 Å². The summed E-state index contributed by atoms with van der Waals surface area (Å²) in [6.45, 7) is 1.85. The normalized spacial score (nSPS) is 12.4. The Morgan fingerprint density at radius 2 is 2.13 bits per heavy atom. The Morgan fingerprint density at radius 1 is 1.35 bits per heavy atom. The van der Waals surface area contributed by atoms with Crippen molar-refractivity contribution in [2.24, 2.45) is 4.99 Å². The van der Waals surface area contributed by atoms with Crippen molar-refractivity contribution in [3.05, 3.63) is 34.8 Å². The maximum atomic E-state index is 12.5. The van der Waals surface area contributed by atoms with Crippen LogP contribution in [-0.2, 0) is 19.1 Å². The lowest BCUT2D eigenvalue weighted by Crippen LogP contribution is -2.39. The molecular formula is C13H17F3N6S. The lowest BCUT2D eigenvalue weighted by Gasteiger charge is -2.11. The number of aliphatic imine (C=N–C) groups is 1. The average molecular weight is 346 g/mol. The Kier molecular flexibility index (Phi) is 5.97. The van der Waals surface area contributed by atoms with Crippen LogP contribution in [0.3, 0.4) is 0 Å². The number of nitrogens with one attached hydrogen (secondary N) is 2. The molecule has 0 unspecified atom stereocenters. The Hall–Kier alpha value is -2.10. The number of hydrogen-bond donors (Lipinski definition) is 2. The molecule has 2 aromatic heterocycles. The van der Waals surface area contributed by atoms with Crippen molar-refractivity contribution in [1.29, 1.82) is 0 Å². The van der Waals surface area contributed by atoms with E-state index in [0.717, 1.165) is 23.3 Å². The second kappa shape index (κ2) is 7.95. The minimum atomic E-state index is -4.38. The number of nitrogens with zero attached hydrogens (tertiary/aromatic N) is 4. The average Bonchev–Trinajstić information content (AvgIpc) is 3.16. The van der Waals surface area contributed by atoms with Gasteiger partial charge in [0.05, 0.1) is 11.3 Å². The van der Waals surface area contributed by atoms with Gasteiger partial charge in [-0.05, 0) is 0 Å².